The molecule has 0 aliphatic heterocycles. The molecule has 196 valence electrons. The molecule has 0 heterocycles. The Hall–Kier alpha value is -0.420. The highest BCUT2D eigenvalue weighted by atomic mass is 16.5. The van der Waals surface area contributed by atoms with Gasteiger partial charge in [-0.2, -0.15) is 0 Å². The van der Waals surface area contributed by atoms with E-state index in [1.54, 1.807) is 0 Å². The fraction of sp³-hybridized carbons (Fsp3) is 0.933. The molecule has 4 heteroatoms. The topological polar surface area (TPSA) is 69.9 Å². The van der Waals surface area contributed by atoms with Gasteiger partial charge in [0.25, 0.3) is 0 Å². The first kappa shape index (κ1) is 26.6. The maximum atomic E-state index is 10.6. The molecule has 34 heavy (non-hydrogen) atoms. The molecule has 0 saturated heterocycles. The summed E-state index contributed by atoms with van der Waals surface area (Å²) in [6.07, 6.45) is 13.1. The fourth-order valence-corrected chi connectivity index (χ4v) is 9.22. The lowest BCUT2D eigenvalue weighted by Gasteiger charge is -2.60. The SMILES string of the molecule is CC(C)CCC[C@@H](C)[C@H]1CC[C@H]2[C@@H]3CC=C4C[C@@H](O)CC(OCC(O)CO)[C@]4(C)[C@H]3CC[C@]12C. The van der Waals surface area contributed by atoms with Gasteiger partial charge in [0.15, 0.2) is 0 Å². The number of aliphatic hydroxyl groups is 3. The zero-order chi connectivity index (χ0) is 24.7. The number of hydrogen-bond acceptors (Lipinski definition) is 4. The van der Waals surface area contributed by atoms with Crippen LogP contribution in [0.15, 0.2) is 11.6 Å². The number of rotatable bonds is 9. The summed E-state index contributed by atoms with van der Waals surface area (Å²) in [5.74, 6) is 4.55. The molecule has 0 spiro atoms. The summed E-state index contributed by atoms with van der Waals surface area (Å²) in [7, 11) is 0. The van der Waals surface area contributed by atoms with E-state index in [0.29, 0.717) is 23.7 Å². The van der Waals surface area contributed by atoms with Crippen molar-refractivity contribution in [3.8, 4) is 0 Å². The smallest absolute Gasteiger partial charge is 0.100 e. The maximum Gasteiger partial charge on any atom is 0.100 e. The predicted octanol–water partition coefficient (Wildman–Crippen LogP) is 5.74. The molecular formula is C30H52O4. The number of aliphatic hydroxyl groups excluding tert-OH is 3. The van der Waals surface area contributed by atoms with E-state index >= 15 is 0 Å². The molecular weight excluding hydrogens is 424 g/mol. The van der Waals surface area contributed by atoms with E-state index in [1.165, 1.54) is 50.5 Å². The lowest BCUT2D eigenvalue weighted by Crippen LogP contribution is -2.56. The number of hydrogen-bond donors (Lipinski definition) is 3. The Morgan fingerprint density at radius 3 is 2.56 bits per heavy atom. The van der Waals surface area contributed by atoms with E-state index < -0.39 is 6.10 Å². The van der Waals surface area contributed by atoms with Crippen molar-refractivity contribution in [3.63, 3.8) is 0 Å². The van der Waals surface area contributed by atoms with Crippen LogP contribution in [-0.2, 0) is 4.74 Å². The highest BCUT2D eigenvalue weighted by molar-refractivity contribution is 5.28. The molecule has 3 fully saturated rings. The van der Waals surface area contributed by atoms with Gasteiger partial charge in [-0.25, -0.2) is 0 Å². The second-order valence-electron chi connectivity index (χ2n) is 13.4. The Morgan fingerprint density at radius 1 is 1.09 bits per heavy atom. The van der Waals surface area contributed by atoms with E-state index in [9.17, 15) is 15.3 Å². The average molecular weight is 477 g/mol. The van der Waals surface area contributed by atoms with Crippen LogP contribution >= 0.6 is 0 Å². The molecule has 4 aliphatic rings. The quantitative estimate of drug-likeness (QED) is 0.371. The van der Waals surface area contributed by atoms with Gasteiger partial charge in [-0.1, -0.05) is 65.5 Å². The molecule has 0 radical (unpaired) electrons. The van der Waals surface area contributed by atoms with Crippen molar-refractivity contribution >= 4 is 0 Å². The molecule has 0 aromatic rings. The molecule has 0 aromatic carbocycles. The molecule has 10 atom stereocenters. The summed E-state index contributed by atoms with van der Waals surface area (Å²) < 4.78 is 6.28. The molecule has 3 N–H and O–H groups in total. The summed E-state index contributed by atoms with van der Waals surface area (Å²) in [6.45, 7) is 12.1. The standard InChI is InChI=1S/C30H52O4/c1-19(2)7-6-8-20(3)25-11-12-26-24-10-9-21-15-22(32)16-28(34-18-23(33)17-31)30(21,5)27(24)13-14-29(25,26)4/h9,19-20,22-28,31-33H,6-8,10-18H2,1-5H3/t20-,22-,23?,24+,25-,26+,27+,28?,29-,30+/m1/s1. The molecule has 3 saturated carbocycles. The summed E-state index contributed by atoms with van der Waals surface area (Å²) in [6, 6.07) is 0. The Kier molecular flexibility index (Phi) is 8.24. The lowest BCUT2D eigenvalue weighted by atomic mass is 9.46. The molecule has 4 rings (SSSR count). The third kappa shape index (κ3) is 4.78. The molecule has 0 aromatic heterocycles. The largest absolute Gasteiger partial charge is 0.394 e. The van der Waals surface area contributed by atoms with Gasteiger partial charge in [-0.3, -0.25) is 0 Å². The van der Waals surface area contributed by atoms with Gasteiger partial charge >= 0.3 is 0 Å². The van der Waals surface area contributed by atoms with Gasteiger partial charge in [-0.05, 0) is 79.4 Å². The predicted molar refractivity (Wildman–Crippen MR) is 137 cm³/mol. The Bertz CT molecular complexity index is 719. The minimum absolute atomic E-state index is 0.0698. The first-order valence-electron chi connectivity index (χ1n) is 14.4. The van der Waals surface area contributed by atoms with E-state index in [1.807, 2.05) is 0 Å². The number of fused-ring (bicyclic) bond motifs is 5. The van der Waals surface area contributed by atoms with Crippen LogP contribution in [0.3, 0.4) is 0 Å². The zero-order valence-corrected chi connectivity index (χ0v) is 22.5. The van der Waals surface area contributed by atoms with Gasteiger partial charge < -0.3 is 20.1 Å². The van der Waals surface area contributed by atoms with Crippen LogP contribution in [-0.4, -0.2) is 46.8 Å². The van der Waals surface area contributed by atoms with Crippen molar-refractivity contribution in [3.05, 3.63) is 11.6 Å². The highest BCUT2D eigenvalue weighted by Crippen LogP contribution is 2.67. The van der Waals surface area contributed by atoms with Gasteiger partial charge in [-0.15, -0.1) is 0 Å². The van der Waals surface area contributed by atoms with Crippen LogP contribution in [0.2, 0.25) is 0 Å². The van der Waals surface area contributed by atoms with Crippen molar-refractivity contribution in [2.45, 2.75) is 117 Å². The van der Waals surface area contributed by atoms with Crippen LogP contribution in [0.1, 0.15) is 98.8 Å². The number of allylic oxidation sites excluding steroid dienone is 1. The van der Waals surface area contributed by atoms with Crippen molar-refractivity contribution in [2.24, 2.45) is 46.3 Å². The first-order valence-corrected chi connectivity index (χ1v) is 14.4. The van der Waals surface area contributed by atoms with E-state index in [0.717, 1.165) is 36.5 Å². The monoisotopic (exact) mass is 476 g/mol. The highest BCUT2D eigenvalue weighted by Gasteiger charge is 2.61. The second kappa shape index (κ2) is 10.5. The minimum Gasteiger partial charge on any atom is -0.394 e. The lowest BCUT2D eigenvalue weighted by molar-refractivity contribution is -0.143. The molecule has 0 amide bonds. The van der Waals surface area contributed by atoms with E-state index in [2.05, 4.69) is 40.7 Å². The Balaban J connectivity index is 1.52. The normalized spacial score (nSPS) is 43.6. The Morgan fingerprint density at radius 2 is 1.85 bits per heavy atom. The average Bonchev–Trinajstić information content (AvgIpc) is 3.14. The third-order valence-corrected chi connectivity index (χ3v) is 11.0. The first-order chi connectivity index (χ1) is 16.1. The summed E-state index contributed by atoms with van der Waals surface area (Å²) >= 11 is 0. The van der Waals surface area contributed by atoms with Crippen molar-refractivity contribution < 1.29 is 20.1 Å². The molecule has 2 unspecified atom stereocenters. The summed E-state index contributed by atoms with van der Waals surface area (Å²) in [5.41, 5.74) is 1.77. The van der Waals surface area contributed by atoms with Gasteiger partial charge in [0, 0.05) is 11.8 Å². The maximum absolute atomic E-state index is 10.6. The van der Waals surface area contributed by atoms with Gasteiger partial charge in [0.2, 0.25) is 0 Å². The van der Waals surface area contributed by atoms with E-state index in [-0.39, 0.29) is 30.8 Å². The third-order valence-electron chi connectivity index (χ3n) is 11.0. The van der Waals surface area contributed by atoms with Gasteiger partial charge in [0.1, 0.15) is 6.10 Å². The van der Waals surface area contributed by atoms with Gasteiger partial charge in [0.05, 0.1) is 25.4 Å². The molecule has 4 aliphatic carbocycles. The summed E-state index contributed by atoms with van der Waals surface area (Å²) in [4.78, 5) is 0. The van der Waals surface area contributed by atoms with Crippen LogP contribution in [0, 0.1) is 46.3 Å². The fourth-order valence-electron chi connectivity index (χ4n) is 9.22. The van der Waals surface area contributed by atoms with Crippen LogP contribution in [0.5, 0.6) is 0 Å². The molecule has 0 bridgehead atoms. The minimum atomic E-state index is -0.850. The van der Waals surface area contributed by atoms with Crippen molar-refractivity contribution in [1.82, 2.24) is 0 Å². The van der Waals surface area contributed by atoms with Crippen LogP contribution in [0.4, 0.5) is 0 Å². The number of ether oxygens (including phenoxy) is 1. The van der Waals surface area contributed by atoms with E-state index in [4.69, 9.17) is 4.74 Å². The van der Waals surface area contributed by atoms with Crippen molar-refractivity contribution in [2.75, 3.05) is 13.2 Å². The summed E-state index contributed by atoms with van der Waals surface area (Å²) in [5, 5.41) is 29.8. The molecule has 4 nitrogen and oxygen atoms in total. The zero-order valence-electron chi connectivity index (χ0n) is 22.5. The van der Waals surface area contributed by atoms with Crippen LogP contribution < -0.4 is 0 Å². The second-order valence-corrected chi connectivity index (χ2v) is 13.4. The van der Waals surface area contributed by atoms with Crippen LogP contribution in [0.25, 0.3) is 0 Å². The Labute approximate surface area is 208 Å². The van der Waals surface area contributed by atoms with Crippen molar-refractivity contribution in [1.29, 1.82) is 0 Å².